The molecule has 0 aromatic rings. The summed E-state index contributed by atoms with van der Waals surface area (Å²) in [5.74, 6) is 0.555. The van der Waals surface area contributed by atoms with Gasteiger partial charge in [0, 0.05) is 6.04 Å². The predicted molar refractivity (Wildman–Crippen MR) is 97.0 cm³/mol. The topological polar surface area (TPSA) is 38.4 Å². The van der Waals surface area contributed by atoms with Gasteiger partial charge in [-0.15, -0.1) is 0 Å². The van der Waals surface area contributed by atoms with Crippen molar-refractivity contribution in [2.45, 2.75) is 88.4 Å². The Morgan fingerprint density at radius 2 is 1.32 bits per heavy atom. The maximum Gasteiger partial charge on any atom is 0.126 e. The molecule has 0 saturated heterocycles. The molecule has 5 unspecified atom stereocenters. The van der Waals surface area contributed by atoms with Gasteiger partial charge in [0.15, 0.2) is 0 Å². The minimum Gasteiger partial charge on any atom is -0.328 e. The monoisotopic (exact) mass is 374 g/mol. The summed E-state index contributed by atoms with van der Waals surface area (Å²) < 4.78 is 43.4. The summed E-state index contributed by atoms with van der Waals surface area (Å²) in [6.07, 6.45) is 3.25. The number of rotatable bonds is 3. The summed E-state index contributed by atoms with van der Waals surface area (Å²) in [7, 11) is 0. The Morgan fingerprint density at radius 3 is 1.88 bits per heavy atom. The first-order chi connectivity index (χ1) is 12.0. The molecule has 0 aromatic carbocycles. The van der Waals surface area contributed by atoms with Crippen molar-refractivity contribution in [1.82, 2.24) is 0 Å². The molecule has 0 aromatic heterocycles. The van der Waals surface area contributed by atoms with Crippen molar-refractivity contribution in [3.63, 3.8) is 0 Å². The number of isothiocyanates is 1. The second kappa shape index (κ2) is 8.49. The molecule has 3 aliphatic rings. The van der Waals surface area contributed by atoms with Gasteiger partial charge in [-0.1, -0.05) is 0 Å². The number of nitrogens with two attached hydrogens (primary N) is 1. The molecule has 3 aliphatic carbocycles. The predicted octanol–water partition coefficient (Wildman–Crippen LogP) is 4.82. The van der Waals surface area contributed by atoms with Gasteiger partial charge in [0.25, 0.3) is 0 Å². The Labute approximate surface area is 153 Å². The highest BCUT2D eigenvalue weighted by atomic mass is 32.1. The van der Waals surface area contributed by atoms with Gasteiger partial charge < -0.3 is 5.73 Å². The second-order valence-electron chi connectivity index (χ2n) is 8.40. The van der Waals surface area contributed by atoms with Crippen molar-refractivity contribution >= 4 is 17.4 Å². The summed E-state index contributed by atoms with van der Waals surface area (Å²) in [6, 6.07) is -0.739. The number of thiocarbonyl (C=S) groups is 1. The van der Waals surface area contributed by atoms with Crippen LogP contribution in [0.25, 0.3) is 0 Å². The zero-order chi connectivity index (χ0) is 18.0. The van der Waals surface area contributed by atoms with E-state index in [9.17, 15) is 13.2 Å². The van der Waals surface area contributed by atoms with Gasteiger partial charge in [-0.25, -0.2) is 18.2 Å². The lowest BCUT2D eigenvalue weighted by Crippen LogP contribution is -2.44. The summed E-state index contributed by atoms with van der Waals surface area (Å²) in [6.45, 7) is 0. The van der Waals surface area contributed by atoms with Crippen LogP contribution in [0.5, 0.6) is 0 Å². The molecule has 0 radical (unpaired) electrons. The number of halogens is 3. The zero-order valence-corrected chi connectivity index (χ0v) is 15.4. The first-order valence-corrected chi connectivity index (χ1v) is 10.1. The smallest absolute Gasteiger partial charge is 0.126 e. The molecular weight excluding hydrogens is 345 g/mol. The molecule has 0 aliphatic heterocycles. The summed E-state index contributed by atoms with van der Waals surface area (Å²) >= 11 is 4.48. The molecule has 142 valence electrons. The number of aliphatic imine (C=N–C) groups is 1. The summed E-state index contributed by atoms with van der Waals surface area (Å²) in [5.41, 5.74) is 5.97. The van der Waals surface area contributed by atoms with Crippen molar-refractivity contribution in [1.29, 1.82) is 0 Å². The molecule has 3 rings (SSSR count). The minimum atomic E-state index is -1.38. The van der Waals surface area contributed by atoms with Crippen molar-refractivity contribution in [2.24, 2.45) is 34.4 Å². The minimum absolute atomic E-state index is 0.194. The molecule has 3 fully saturated rings. The Hall–Kier alpha value is -0.450. The molecule has 25 heavy (non-hydrogen) atoms. The van der Waals surface area contributed by atoms with Crippen molar-refractivity contribution < 1.29 is 13.2 Å². The molecule has 3 saturated carbocycles. The largest absolute Gasteiger partial charge is 0.328 e. The van der Waals surface area contributed by atoms with Crippen molar-refractivity contribution in [3.05, 3.63) is 0 Å². The van der Waals surface area contributed by atoms with Gasteiger partial charge in [-0.3, -0.25) is 0 Å². The number of hydrogen-bond donors (Lipinski definition) is 1. The molecule has 2 N–H and O–H groups in total. The van der Waals surface area contributed by atoms with Crippen LogP contribution in [0.3, 0.4) is 0 Å². The van der Waals surface area contributed by atoms with Crippen LogP contribution in [0, 0.1) is 23.7 Å². The van der Waals surface area contributed by atoms with E-state index in [1.54, 1.807) is 0 Å². The van der Waals surface area contributed by atoms with E-state index in [1.165, 1.54) is 0 Å². The van der Waals surface area contributed by atoms with E-state index < -0.39 is 24.6 Å². The average molecular weight is 375 g/mol. The number of hydrogen-bond acceptors (Lipinski definition) is 3. The number of alkyl halides is 3. The molecule has 0 spiro atoms. The lowest BCUT2D eigenvalue weighted by molar-refractivity contribution is 0.00297. The molecule has 2 nitrogen and oxygen atoms in total. The first kappa shape index (κ1) is 19.3. The molecule has 0 heterocycles. The van der Waals surface area contributed by atoms with Crippen molar-refractivity contribution in [3.8, 4) is 0 Å². The molecule has 5 atom stereocenters. The van der Waals surface area contributed by atoms with Crippen LogP contribution in [-0.2, 0) is 0 Å². The maximum absolute atomic E-state index is 14.9. The van der Waals surface area contributed by atoms with E-state index in [0.29, 0.717) is 24.3 Å². The summed E-state index contributed by atoms with van der Waals surface area (Å²) in [4.78, 5) is 3.63. The van der Waals surface area contributed by atoms with Crippen LogP contribution in [0.2, 0.25) is 0 Å². The lowest BCUT2D eigenvalue weighted by atomic mass is 9.65. The van der Waals surface area contributed by atoms with Crippen molar-refractivity contribution in [2.75, 3.05) is 0 Å². The fraction of sp³-hybridized carbons (Fsp3) is 0.947. The fourth-order valence-corrected chi connectivity index (χ4v) is 5.62. The third-order valence-corrected chi connectivity index (χ3v) is 7.06. The van der Waals surface area contributed by atoms with Crippen LogP contribution >= 0.6 is 12.2 Å². The Morgan fingerprint density at radius 1 is 0.760 bits per heavy atom. The highest BCUT2D eigenvalue weighted by Crippen LogP contribution is 2.46. The molecule has 0 amide bonds. The van der Waals surface area contributed by atoms with E-state index in [4.69, 9.17) is 5.73 Å². The van der Waals surface area contributed by atoms with Gasteiger partial charge in [-0.2, -0.15) is 0 Å². The third-order valence-electron chi connectivity index (χ3n) is 6.95. The maximum atomic E-state index is 14.9. The second-order valence-corrected chi connectivity index (χ2v) is 8.58. The summed E-state index contributed by atoms with van der Waals surface area (Å²) in [5, 5.41) is 2.09. The Balaban J connectivity index is 1.56. The van der Waals surface area contributed by atoms with Gasteiger partial charge in [-0.05, 0) is 93.7 Å². The zero-order valence-electron chi connectivity index (χ0n) is 14.6. The van der Waals surface area contributed by atoms with E-state index in [1.807, 2.05) is 0 Å². The Bertz CT molecular complexity index is 479. The highest BCUT2D eigenvalue weighted by Gasteiger charge is 2.45. The van der Waals surface area contributed by atoms with E-state index in [2.05, 4.69) is 22.4 Å². The van der Waals surface area contributed by atoms with E-state index >= 15 is 0 Å². The van der Waals surface area contributed by atoms with E-state index in [0.717, 1.165) is 38.5 Å². The van der Waals surface area contributed by atoms with Crippen LogP contribution in [-0.4, -0.2) is 35.8 Å². The van der Waals surface area contributed by atoms with Crippen LogP contribution in [0.15, 0.2) is 4.99 Å². The lowest BCUT2D eigenvalue weighted by Gasteiger charge is -2.43. The fourth-order valence-electron chi connectivity index (χ4n) is 5.50. The average Bonchev–Trinajstić information content (AvgIpc) is 2.58. The van der Waals surface area contributed by atoms with Crippen LogP contribution in [0.1, 0.15) is 57.8 Å². The van der Waals surface area contributed by atoms with Crippen LogP contribution < -0.4 is 5.73 Å². The van der Waals surface area contributed by atoms with Gasteiger partial charge in [0.05, 0.1) is 5.16 Å². The SMILES string of the molecule is NC1CCC(C2CCC(C3CC(F)C(N=C=S)C(F)C3)C(F)C2)CC1. The standard InChI is InChI=1S/C19H29F3N2S/c20-16-7-12(11-1-4-14(23)5-2-11)3-6-15(16)13-8-17(21)19(24-10-25)18(22)9-13/h11-19H,1-9,23H2. The normalized spacial score (nSPS) is 48.6. The van der Waals surface area contributed by atoms with E-state index in [-0.39, 0.29) is 24.7 Å². The third kappa shape index (κ3) is 4.45. The van der Waals surface area contributed by atoms with Gasteiger partial charge >= 0.3 is 0 Å². The molecule has 0 bridgehead atoms. The van der Waals surface area contributed by atoms with Gasteiger partial charge in [0.1, 0.15) is 24.6 Å². The Kier molecular flexibility index (Phi) is 6.56. The van der Waals surface area contributed by atoms with Gasteiger partial charge in [0.2, 0.25) is 0 Å². The highest BCUT2D eigenvalue weighted by molar-refractivity contribution is 7.78. The number of nitrogens with zero attached hydrogens (tertiary/aromatic N) is 1. The molecular formula is C19H29F3N2S. The molecule has 6 heteroatoms. The quantitative estimate of drug-likeness (QED) is 0.568. The first-order valence-electron chi connectivity index (χ1n) is 9.74. The van der Waals surface area contributed by atoms with Crippen LogP contribution in [0.4, 0.5) is 13.2 Å².